The maximum absolute atomic E-state index is 12.7. The van der Waals surface area contributed by atoms with Gasteiger partial charge in [-0.25, -0.2) is 0 Å². The number of hydrogen-bond donors (Lipinski definition) is 0. The number of nitrogens with zero attached hydrogens (tertiary/aromatic N) is 2. The summed E-state index contributed by atoms with van der Waals surface area (Å²) in [5.74, 6) is 0.760. The summed E-state index contributed by atoms with van der Waals surface area (Å²) in [6, 6.07) is 5.16. The number of alkyl halides is 3. The quantitative estimate of drug-likeness (QED) is 0.811. The van der Waals surface area contributed by atoms with Gasteiger partial charge in [0.15, 0.2) is 0 Å². The average molecular weight is 374 g/mol. The van der Waals surface area contributed by atoms with Gasteiger partial charge in [-0.3, -0.25) is 9.69 Å². The fraction of sp³-hybridized carbons (Fsp3) is 0.588. The molecule has 2 heterocycles. The molecule has 2 aliphatic heterocycles. The van der Waals surface area contributed by atoms with Crippen molar-refractivity contribution in [2.75, 3.05) is 45.1 Å². The Morgan fingerprint density at radius 2 is 1.80 bits per heavy atom. The molecule has 25 heavy (non-hydrogen) atoms. The standard InChI is InChI=1S/C17H21F3N2O2S/c18-17(19,20)14-3-1-13(2-4-14)16-22(15(23)5-12-25-16)7-6-21-8-10-24-11-9-21/h1-4,16H,5-12H2. The molecule has 1 amide bonds. The summed E-state index contributed by atoms with van der Waals surface area (Å²) in [4.78, 5) is 16.4. The first kappa shape index (κ1) is 18.5. The van der Waals surface area contributed by atoms with Crippen LogP contribution in [0.4, 0.5) is 13.2 Å². The number of thioether (sulfide) groups is 1. The van der Waals surface area contributed by atoms with Crippen molar-refractivity contribution < 1.29 is 22.7 Å². The van der Waals surface area contributed by atoms with Crippen LogP contribution in [0.5, 0.6) is 0 Å². The summed E-state index contributed by atoms with van der Waals surface area (Å²) in [6.07, 6.45) is -3.87. The summed E-state index contributed by atoms with van der Waals surface area (Å²) in [7, 11) is 0. The molecule has 0 aromatic heterocycles. The fourth-order valence-electron chi connectivity index (χ4n) is 3.05. The molecule has 1 aromatic carbocycles. The van der Waals surface area contributed by atoms with Crippen LogP contribution in [0.15, 0.2) is 24.3 Å². The van der Waals surface area contributed by atoms with Gasteiger partial charge < -0.3 is 9.64 Å². The lowest BCUT2D eigenvalue weighted by Gasteiger charge is -2.37. The first-order valence-electron chi connectivity index (χ1n) is 8.33. The zero-order valence-corrected chi connectivity index (χ0v) is 14.6. The topological polar surface area (TPSA) is 32.8 Å². The highest BCUT2D eigenvalue weighted by atomic mass is 32.2. The Hall–Kier alpha value is -1.25. The third kappa shape index (κ3) is 4.68. The van der Waals surface area contributed by atoms with Crippen LogP contribution in [0.25, 0.3) is 0 Å². The molecule has 2 aliphatic rings. The molecule has 0 radical (unpaired) electrons. The van der Waals surface area contributed by atoms with Crippen molar-refractivity contribution in [3.63, 3.8) is 0 Å². The van der Waals surface area contributed by atoms with Gasteiger partial charge in [-0.15, -0.1) is 11.8 Å². The predicted octanol–water partition coefficient (Wildman–Crippen LogP) is 3.00. The molecule has 2 saturated heterocycles. The predicted molar refractivity (Wildman–Crippen MR) is 90.2 cm³/mol. The SMILES string of the molecule is O=C1CCSC(c2ccc(C(F)(F)F)cc2)N1CCN1CCOCC1. The van der Waals surface area contributed by atoms with Gasteiger partial charge in [-0.2, -0.15) is 13.2 Å². The van der Waals surface area contributed by atoms with Gasteiger partial charge in [0.05, 0.1) is 18.8 Å². The molecule has 138 valence electrons. The summed E-state index contributed by atoms with van der Waals surface area (Å²) < 4.78 is 43.5. The van der Waals surface area contributed by atoms with Gasteiger partial charge in [0.25, 0.3) is 0 Å². The molecule has 1 unspecified atom stereocenters. The molecule has 0 bridgehead atoms. The van der Waals surface area contributed by atoms with E-state index in [1.165, 1.54) is 12.1 Å². The van der Waals surface area contributed by atoms with Gasteiger partial charge in [-0.1, -0.05) is 12.1 Å². The molecule has 0 N–H and O–H groups in total. The van der Waals surface area contributed by atoms with Crippen molar-refractivity contribution in [2.45, 2.75) is 18.0 Å². The molecule has 0 spiro atoms. The number of hydrogen-bond acceptors (Lipinski definition) is 4. The van der Waals surface area contributed by atoms with E-state index in [2.05, 4.69) is 4.90 Å². The maximum atomic E-state index is 12.7. The first-order chi connectivity index (χ1) is 11.9. The molecule has 4 nitrogen and oxygen atoms in total. The monoisotopic (exact) mass is 374 g/mol. The normalized spacial score (nSPS) is 23.1. The van der Waals surface area contributed by atoms with E-state index in [1.54, 1.807) is 16.7 Å². The minimum Gasteiger partial charge on any atom is -0.379 e. The molecular formula is C17H21F3N2O2S. The van der Waals surface area contributed by atoms with Gasteiger partial charge in [0.1, 0.15) is 5.37 Å². The second kappa shape index (κ2) is 7.97. The van der Waals surface area contributed by atoms with E-state index in [4.69, 9.17) is 4.74 Å². The Morgan fingerprint density at radius 1 is 1.12 bits per heavy atom. The van der Waals surface area contributed by atoms with Gasteiger partial charge in [0, 0.05) is 38.4 Å². The van der Waals surface area contributed by atoms with Crippen LogP contribution in [0.2, 0.25) is 0 Å². The fourth-order valence-corrected chi connectivity index (χ4v) is 4.32. The Bertz CT molecular complexity index is 589. The van der Waals surface area contributed by atoms with Crippen LogP contribution in [0.1, 0.15) is 22.9 Å². The Balaban J connectivity index is 1.69. The second-order valence-corrected chi connectivity index (χ2v) is 7.32. The van der Waals surface area contributed by atoms with Crippen molar-refractivity contribution >= 4 is 17.7 Å². The molecule has 3 rings (SSSR count). The maximum Gasteiger partial charge on any atom is 0.416 e. The number of rotatable bonds is 4. The molecule has 2 fully saturated rings. The van der Waals surface area contributed by atoms with E-state index in [1.807, 2.05) is 0 Å². The highest BCUT2D eigenvalue weighted by Crippen LogP contribution is 2.38. The van der Waals surface area contributed by atoms with E-state index in [9.17, 15) is 18.0 Å². The van der Waals surface area contributed by atoms with Crippen LogP contribution >= 0.6 is 11.8 Å². The van der Waals surface area contributed by atoms with Crippen LogP contribution in [-0.2, 0) is 15.7 Å². The molecule has 8 heteroatoms. The third-order valence-corrected chi connectivity index (χ3v) is 5.76. The number of benzene rings is 1. The van der Waals surface area contributed by atoms with Crippen molar-refractivity contribution in [2.24, 2.45) is 0 Å². The minimum absolute atomic E-state index is 0.0666. The number of halogens is 3. The highest BCUT2D eigenvalue weighted by Gasteiger charge is 2.33. The Kier molecular flexibility index (Phi) is 5.91. The van der Waals surface area contributed by atoms with E-state index in [0.29, 0.717) is 31.9 Å². The van der Waals surface area contributed by atoms with E-state index < -0.39 is 11.7 Å². The summed E-state index contributed by atoms with van der Waals surface area (Å²) in [5, 5.41) is -0.218. The smallest absolute Gasteiger partial charge is 0.379 e. The number of carbonyl (C=O) groups is 1. The van der Waals surface area contributed by atoms with Crippen molar-refractivity contribution in [3.05, 3.63) is 35.4 Å². The van der Waals surface area contributed by atoms with Gasteiger partial charge in [-0.05, 0) is 17.7 Å². The average Bonchev–Trinajstić information content (AvgIpc) is 2.61. The summed E-state index contributed by atoms with van der Waals surface area (Å²) >= 11 is 1.61. The summed E-state index contributed by atoms with van der Waals surface area (Å²) in [6.45, 7) is 4.43. The van der Waals surface area contributed by atoms with Gasteiger partial charge >= 0.3 is 6.18 Å². The van der Waals surface area contributed by atoms with Crippen LogP contribution in [0, 0.1) is 0 Å². The lowest BCUT2D eigenvalue weighted by molar-refractivity contribution is -0.137. The van der Waals surface area contributed by atoms with E-state index >= 15 is 0 Å². The molecule has 1 atom stereocenters. The van der Waals surface area contributed by atoms with Crippen molar-refractivity contribution in [3.8, 4) is 0 Å². The van der Waals surface area contributed by atoms with Crippen LogP contribution < -0.4 is 0 Å². The Labute approximate surface area is 149 Å². The van der Waals surface area contributed by atoms with E-state index in [0.717, 1.165) is 37.3 Å². The second-order valence-electron chi connectivity index (χ2n) is 6.13. The number of ether oxygens (including phenoxy) is 1. The van der Waals surface area contributed by atoms with Crippen molar-refractivity contribution in [1.82, 2.24) is 9.80 Å². The lowest BCUT2D eigenvalue weighted by Crippen LogP contribution is -2.45. The summed E-state index contributed by atoms with van der Waals surface area (Å²) in [5.41, 5.74) is 0.0799. The molecule has 1 aromatic rings. The zero-order chi connectivity index (χ0) is 17.9. The highest BCUT2D eigenvalue weighted by molar-refractivity contribution is 7.99. The largest absolute Gasteiger partial charge is 0.416 e. The van der Waals surface area contributed by atoms with Crippen LogP contribution in [-0.4, -0.2) is 60.9 Å². The molecule has 0 saturated carbocycles. The third-order valence-electron chi connectivity index (χ3n) is 4.48. The lowest BCUT2D eigenvalue weighted by atomic mass is 10.1. The minimum atomic E-state index is -4.34. The molecular weight excluding hydrogens is 353 g/mol. The van der Waals surface area contributed by atoms with Gasteiger partial charge in [0.2, 0.25) is 5.91 Å². The number of carbonyl (C=O) groups excluding carboxylic acids is 1. The number of amides is 1. The van der Waals surface area contributed by atoms with E-state index in [-0.39, 0.29) is 11.3 Å². The first-order valence-corrected chi connectivity index (χ1v) is 9.38. The van der Waals surface area contributed by atoms with Crippen LogP contribution in [0.3, 0.4) is 0 Å². The van der Waals surface area contributed by atoms with Crippen molar-refractivity contribution in [1.29, 1.82) is 0 Å². The zero-order valence-electron chi connectivity index (χ0n) is 13.8. The Morgan fingerprint density at radius 3 is 2.44 bits per heavy atom. The molecule has 0 aliphatic carbocycles. The number of morpholine rings is 1.